The SMILES string of the molecule is COc1ccc(-c2cc(Cl)nc(C(F)(F)F)n2)cc1OC. The number of rotatable bonds is 3. The van der Waals surface area contributed by atoms with Gasteiger partial charge >= 0.3 is 6.18 Å². The first-order chi connectivity index (χ1) is 9.85. The number of hydrogen-bond donors (Lipinski definition) is 0. The lowest BCUT2D eigenvalue weighted by Gasteiger charge is -2.11. The lowest BCUT2D eigenvalue weighted by Crippen LogP contribution is -2.11. The summed E-state index contributed by atoms with van der Waals surface area (Å²) in [5.74, 6) is -0.462. The van der Waals surface area contributed by atoms with Crippen LogP contribution in [0.3, 0.4) is 0 Å². The Morgan fingerprint density at radius 2 is 1.67 bits per heavy atom. The molecule has 0 aliphatic heterocycles. The largest absolute Gasteiger partial charge is 0.493 e. The van der Waals surface area contributed by atoms with Crippen LogP contribution >= 0.6 is 11.6 Å². The Morgan fingerprint density at radius 3 is 2.24 bits per heavy atom. The van der Waals surface area contributed by atoms with Crippen LogP contribution < -0.4 is 9.47 Å². The van der Waals surface area contributed by atoms with E-state index < -0.39 is 12.0 Å². The molecular formula is C13H10ClF3N2O2. The van der Waals surface area contributed by atoms with Gasteiger partial charge < -0.3 is 9.47 Å². The van der Waals surface area contributed by atoms with Crippen LogP contribution in [0.5, 0.6) is 11.5 Å². The van der Waals surface area contributed by atoms with Crippen LogP contribution in [-0.2, 0) is 6.18 Å². The average Bonchev–Trinajstić information content (AvgIpc) is 2.45. The van der Waals surface area contributed by atoms with Crippen LogP contribution in [0.25, 0.3) is 11.3 Å². The molecule has 0 saturated carbocycles. The van der Waals surface area contributed by atoms with Gasteiger partial charge in [0.1, 0.15) is 5.15 Å². The molecular weight excluding hydrogens is 309 g/mol. The van der Waals surface area contributed by atoms with Crippen LogP contribution in [-0.4, -0.2) is 24.2 Å². The van der Waals surface area contributed by atoms with Crippen molar-refractivity contribution in [3.05, 3.63) is 35.2 Å². The molecule has 8 heteroatoms. The lowest BCUT2D eigenvalue weighted by atomic mass is 10.1. The zero-order chi connectivity index (χ0) is 15.6. The predicted molar refractivity (Wildman–Crippen MR) is 70.6 cm³/mol. The first kappa shape index (κ1) is 15.4. The van der Waals surface area contributed by atoms with Gasteiger partial charge in [-0.05, 0) is 18.2 Å². The normalized spacial score (nSPS) is 11.3. The van der Waals surface area contributed by atoms with Gasteiger partial charge in [0.2, 0.25) is 5.82 Å². The molecule has 1 heterocycles. The minimum atomic E-state index is -4.67. The average molecular weight is 319 g/mol. The van der Waals surface area contributed by atoms with E-state index in [1.807, 2.05) is 0 Å². The zero-order valence-electron chi connectivity index (χ0n) is 11.0. The highest BCUT2D eigenvalue weighted by molar-refractivity contribution is 6.29. The van der Waals surface area contributed by atoms with Crippen molar-refractivity contribution in [1.82, 2.24) is 9.97 Å². The van der Waals surface area contributed by atoms with Gasteiger partial charge in [-0.1, -0.05) is 11.6 Å². The number of hydrogen-bond acceptors (Lipinski definition) is 4. The molecule has 0 radical (unpaired) electrons. The number of methoxy groups -OCH3 is 2. The molecule has 0 aliphatic carbocycles. The summed E-state index contributed by atoms with van der Waals surface area (Å²) in [4.78, 5) is 6.67. The molecule has 0 fully saturated rings. The van der Waals surface area contributed by atoms with E-state index in [2.05, 4.69) is 9.97 Å². The third kappa shape index (κ3) is 3.36. The van der Waals surface area contributed by atoms with Gasteiger partial charge in [0.15, 0.2) is 11.5 Å². The van der Waals surface area contributed by atoms with Crippen LogP contribution in [0.1, 0.15) is 5.82 Å². The number of aromatic nitrogens is 2. The molecule has 1 aromatic carbocycles. The van der Waals surface area contributed by atoms with Crippen molar-refractivity contribution < 1.29 is 22.6 Å². The number of alkyl halides is 3. The van der Waals surface area contributed by atoms with E-state index in [1.165, 1.54) is 26.4 Å². The predicted octanol–water partition coefficient (Wildman–Crippen LogP) is 3.83. The van der Waals surface area contributed by atoms with Gasteiger partial charge in [-0.15, -0.1) is 0 Å². The van der Waals surface area contributed by atoms with E-state index in [-0.39, 0.29) is 10.8 Å². The highest BCUT2D eigenvalue weighted by atomic mass is 35.5. The summed E-state index contributed by atoms with van der Waals surface area (Å²) in [6.07, 6.45) is -4.67. The van der Waals surface area contributed by atoms with Crippen molar-refractivity contribution in [1.29, 1.82) is 0 Å². The molecule has 112 valence electrons. The van der Waals surface area contributed by atoms with E-state index in [0.29, 0.717) is 17.1 Å². The maximum Gasteiger partial charge on any atom is 0.451 e. The summed E-state index contributed by atoms with van der Waals surface area (Å²) >= 11 is 5.63. The minimum absolute atomic E-state index is 0.0447. The second-order valence-electron chi connectivity index (χ2n) is 3.97. The van der Waals surface area contributed by atoms with E-state index >= 15 is 0 Å². The molecule has 0 spiro atoms. The fraction of sp³-hybridized carbons (Fsp3) is 0.231. The highest BCUT2D eigenvalue weighted by Gasteiger charge is 2.35. The Balaban J connectivity index is 2.54. The first-order valence-electron chi connectivity index (χ1n) is 5.69. The van der Waals surface area contributed by atoms with Crippen LogP contribution in [0.4, 0.5) is 13.2 Å². The smallest absolute Gasteiger partial charge is 0.451 e. The van der Waals surface area contributed by atoms with Crippen molar-refractivity contribution in [2.24, 2.45) is 0 Å². The van der Waals surface area contributed by atoms with Crippen molar-refractivity contribution in [2.75, 3.05) is 14.2 Å². The van der Waals surface area contributed by atoms with Crippen molar-refractivity contribution in [2.45, 2.75) is 6.18 Å². The topological polar surface area (TPSA) is 44.2 Å². The fourth-order valence-electron chi connectivity index (χ4n) is 1.69. The third-order valence-corrected chi connectivity index (χ3v) is 2.82. The molecule has 0 amide bonds. The summed E-state index contributed by atoms with van der Waals surface area (Å²) in [5.41, 5.74) is 0.450. The molecule has 0 bridgehead atoms. The van der Waals surface area contributed by atoms with Crippen molar-refractivity contribution in [3.8, 4) is 22.8 Å². The first-order valence-corrected chi connectivity index (χ1v) is 6.07. The quantitative estimate of drug-likeness (QED) is 0.807. The number of halogens is 4. The molecule has 21 heavy (non-hydrogen) atoms. The molecule has 4 nitrogen and oxygen atoms in total. The minimum Gasteiger partial charge on any atom is -0.493 e. The highest BCUT2D eigenvalue weighted by Crippen LogP contribution is 2.34. The second kappa shape index (κ2) is 5.77. The third-order valence-electron chi connectivity index (χ3n) is 2.63. The van der Waals surface area contributed by atoms with Crippen LogP contribution in [0, 0.1) is 0 Å². The Labute approximate surface area is 123 Å². The number of benzene rings is 1. The summed E-state index contributed by atoms with van der Waals surface area (Å²) in [6, 6.07) is 5.88. The molecule has 0 unspecified atom stereocenters. The maximum atomic E-state index is 12.7. The summed E-state index contributed by atoms with van der Waals surface area (Å²) in [6.45, 7) is 0. The van der Waals surface area contributed by atoms with Crippen LogP contribution in [0.15, 0.2) is 24.3 Å². The van der Waals surface area contributed by atoms with Crippen molar-refractivity contribution >= 4 is 11.6 Å². The van der Waals surface area contributed by atoms with E-state index in [1.54, 1.807) is 12.1 Å². The summed E-state index contributed by atoms with van der Waals surface area (Å²) in [7, 11) is 2.89. The van der Waals surface area contributed by atoms with Crippen molar-refractivity contribution in [3.63, 3.8) is 0 Å². The summed E-state index contributed by atoms with van der Waals surface area (Å²) in [5, 5.41) is -0.290. The van der Waals surface area contributed by atoms with E-state index in [0.717, 1.165) is 0 Å². The molecule has 2 rings (SSSR count). The molecule has 0 aliphatic rings. The zero-order valence-corrected chi connectivity index (χ0v) is 11.8. The second-order valence-corrected chi connectivity index (χ2v) is 4.35. The monoisotopic (exact) mass is 318 g/mol. The fourth-order valence-corrected chi connectivity index (χ4v) is 1.87. The van der Waals surface area contributed by atoms with Gasteiger partial charge in [-0.3, -0.25) is 0 Å². The Morgan fingerprint density at radius 1 is 1.00 bits per heavy atom. The number of ether oxygens (including phenoxy) is 2. The van der Waals surface area contributed by atoms with Crippen LogP contribution in [0.2, 0.25) is 5.15 Å². The Kier molecular flexibility index (Phi) is 4.22. The molecule has 0 N–H and O–H groups in total. The lowest BCUT2D eigenvalue weighted by molar-refractivity contribution is -0.144. The summed E-state index contributed by atoms with van der Waals surface area (Å²) < 4.78 is 48.3. The van der Waals surface area contributed by atoms with Gasteiger partial charge in [0.25, 0.3) is 0 Å². The van der Waals surface area contributed by atoms with E-state index in [9.17, 15) is 13.2 Å². The molecule has 1 aromatic heterocycles. The van der Waals surface area contributed by atoms with Gasteiger partial charge in [0.05, 0.1) is 19.9 Å². The Bertz CT molecular complexity index is 662. The molecule has 0 saturated heterocycles. The number of nitrogens with zero attached hydrogens (tertiary/aromatic N) is 2. The van der Waals surface area contributed by atoms with Gasteiger partial charge in [-0.2, -0.15) is 13.2 Å². The van der Waals surface area contributed by atoms with Gasteiger partial charge in [0, 0.05) is 11.6 Å². The Hall–Kier alpha value is -2.02. The van der Waals surface area contributed by atoms with Gasteiger partial charge in [-0.25, -0.2) is 9.97 Å². The molecule has 2 aromatic rings. The maximum absolute atomic E-state index is 12.7. The standard InChI is InChI=1S/C13H10ClF3N2O2/c1-20-9-4-3-7(5-10(9)21-2)8-6-11(14)19-12(18-8)13(15,16)17/h3-6H,1-2H3. The van der Waals surface area contributed by atoms with E-state index in [4.69, 9.17) is 21.1 Å². The molecule has 0 atom stereocenters.